The number of imidazole rings is 1. The molecule has 2 amide bonds. The van der Waals surface area contributed by atoms with Crippen molar-refractivity contribution < 1.29 is 23.9 Å². The van der Waals surface area contributed by atoms with Crippen LogP contribution < -0.4 is 10.6 Å². The van der Waals surface area contributed by atoms with Crippen molar-refractivity contribution in [3.8, 4) is 0 Å². The maximum Gasteiger partial charge on any atom is 0.335 e. The van der Waals surface area contributed by atoms with Gasteiger partial charge in [-0.3, -0.25) is 14.0 Å². The van der Waals surface area contributed by atoms with Gasteiger partial charge in [-0.15, -0.1) is 0 Å². The van der Waals surface area contributed by atoms with Gasteiger partial charge in [0.1, 0.15) is 23.5 Å². The lowest BCUT2D eigenvalue weighted by molar-refractivity contribution is 0.0695. The molecule has 1 aliphatic rings. The Morgan fingerprint density at radius 3 is 2.70 bits per heavy atom. The number of aromatic nitrogens is 3. The lowest BCUT2D eigenvalue weighted by Crippen LogP contribution is -2.30. The van der Waals surface area contributed by atoms with Crippen molar-refractivity contribution in [2.24, 2.45) is 0 Å². The average Bonchev–Trinajstić information content (AvgIpc) is 3.51. The number of nitrogens with zero attached hydrogens (tertiary/aromatic N) is 3. The second-order valence-corrected chi connectivity index (χ2v) is 9.09. The summed E-state index contributed by atoms with van der Waals surface area (Å²) >= 11 is 0. The highest BCUT2D eigenvalue weighted by Gasteiger charge is 2.28. The zero-order valence-corrected chi connectivity index (χ0v) is 20.2. The average molecular weight is 502 g/mol. The van der Waals surface area contributed by atoms with Crippen molar-refractivity contribution in [1.82, 2.24) is 25.0 Å². The van der Waals surface area contributed by atoms with Crippen LogP contribution in [0.5, 0.6) is 0 Å². The van der Waals surface area contributed by atoms with Crippen LogP contribution in [0.1, 0.15) is 71.6 Å². The summed E-state index contributed by atoms with van der Waals surface area (Å²) in [6.07, 6.45) is 4.18. The molecule has 37 heavy (non-hydrogen) atoms. The third-order valence-corrected chi connectivity index (χ3v) is 6.76. The Balaban J connectivity index is 1.37. The topological polar surface area (TPSA) is 126 Å². The number of aromatic carboxylic acids is 1. The number of amides is 2. The van der Waals surface area contributed by atoms with Gasteiger partial charge in [0.25, 0.3) is 11.8 Å². The van der Waals surface area contributed by atoms with Gasteiger partial charge in [-0.2, -0.15) is 0 Å². The number of carbonyl (C=O) groups is 3. The second kappa shape index (κ2) is 9.45. The molecule has 5 rings (SSSR count). The fourth-order valence-corrected chi connectivity index (χ4v) is 4.79. The van der Waals surface area contributed by atoms with E-state index in [1.54, 1.807) is 38.1 Å². The van der Waals surface area contributed by atoms with Gasteiger partial charge in [-0.25, -0.2) is 19.2 Å². The minimum atomic E-state index is -0.980. The van der Waals surface area contributed by atoms with E-state index in [4.69, 9.17) is 0 Å². The first-order valence-electron chi connectivity index (χ1n) is 11.8. The van der Waals surface area contributed by atoms with Crippen LogP contribution in [0.2, 0.25) is 0 Å². The number of carbonyl (C=O) groups excluding carboxylic acids is 2. The van der Waals surface area contributed by atoms with Crippen molar-refractivity contribution >= 4 is 23.4 Å². The first-order valence-corrected chi connectivity index (χ1v) is 11.8. The molecule has 0 saturated heterocycles. The SMILES string of the molecule is Cc1cc(CNC(=O)c2cc(C(=O)N[C@H]3CCc4c3ccc(C(=O)O)c4C)nc3cncn23)ccc1F. The Bertz CT molecular complexity index is 1580. The van der Waals surface area contributed by atoms with Crippen molar-refractivity contribution in [3.63, 3.8) is 0 Å². The van der Waals surface area contributed by atoms with Crippen LogP contribution in [0.15, 0.2) is 48.9 Å². The highest BCUT2D eigenvalue weighted by atomic mass is 19.1. The van der Waals surface area contributed by atoms with Crippen LogP contribution >= 0.6 is 0 Å². The van der Waals surface area contributed by atoms with Crippen LogP contribution in [0.25, 0.3) is 5.65 Å². The number of benzene rings is 2. The van der Waals surface area contributed by atoms with E-state index in [9.17, 15) is 23.9 Å². The van der Waals surface area contributed by atoms with Crippen LogP contribution in [-0.2, 0) is 13.0 Å². The number of aryl methyl sites for hydroxylation is 1. The number of carboxylic acid groups (broad SMARTS) is 1. The standard InChI is InChI=1S/C27H24FN5O4/c1-14-9-16(3-7-20(14)28)11-30-26(35)23-10-22(31-24-12-29-13-33(23)24)25(34)32-21-8-6-17-15(2)18(27(36)37)4-5-19(17)21/h3-5,7,9-10,12-13,21H,6,8,11H2,1-2H3,(H,30,35)(H,32,34)(H,36,37)/t21-/m0/s1. The highest BCUT2D eigenvalue weighted by molar-refractivity contribution is 5.98. The molecule has 3 N–H and O–H groups in total. The normalized spacial score (nSPS) is 14.4. The Kier molecular flexibility index (Phi) is 6.16. The van der Waals surface area contributed by atoms with Gasteiger partial charge in [-0.1, -0.05) is 18.2 Å². The molecule has 0 radical (unpaired) electrons. The van der Waals surface area contributed by atoms with Gasteiger partial charge in [0, 0.05) is 6.54 Å². The third kappa shape index (κ3) is 4.53. The molecule has 0 bridgehead atoms. The van der Waals surface area contributed by atoms with E-state index in [1.807, 2.05) is 0 Å². The van der Waals surface area contributed by atoms with Crippen molar-refractivity contribution in [2.45, 2.75) is 39.3 Å². The number of carboxylic acids is 1. The molecule has 2 heterocycles. The monoisotopic (exact) mass is 501 g/mol. The number of nitrogens with one attached hydrogen (secondary N) is 2. The largest absolute Gasteiger partial charge is 0.478 e. The summed E-state index contributed by atoms with van der Waals surface area (Å²) in [5.74, 6) is -2.19. The van der Waals surface area contributed by atoms with E-state index in [1.165, 1.54) is 29.1 Å². The van der Waals surface area contributed by atoms with E-state index < -0.39 is 17.8 Å². The van der Waals surface area contributed by atoms with Gasteiger partial charge in [0.15, 0.2) is 5.65 Å². The van der Waals surface area contributed by atoms with Gasteiger partial charge in [0.2, 0.25) is 0 Å². The molecule has 10 heteroatoms. The summed E-state index contributed by atoms with van der Waals surface area (Å²) in [5.41, 5.74) is 4.57. The molecule has 4 aromatic rings. The Morgan fingerprint density at radius 2 is 1.95 bits per heavy atom. The molecular formula is C27H24FN5O4. The van der Waals surface area contributed by atoms with E-state index in [0.29, 0.717) is 29.6 Å². The Morgan fingerprint density at radius 1 is 1.14 bits per heavy atom. The third-order valence-electron chi connectivity index (χ3n) is 6.76. The van der Waals surface area contributed by atoms with Crippen LogP contribution in [-0.4, -0.2) is 37.3 Å². The zero-order valence-electron chi connectivity index (χ0n) is 20.2. The molecule has 0 spiro atoms. The summed E-state index contributed by atoms with van der Waals surface area (Å²) in [6.45, 7) is 3.61. The maximum atomic E-state index is 13.6. The summed E-state index contributed by atoms with van der Waals surface area (Å²) < 4.78 is 15.0. The van der Waals surface area contributed by atoms with Gasteiger partial charge in [-0.05, 0) is 72.7 Å². The predicted molar refractivity (Wildman–Crippen MR) is 132 cm³/mol. The molecular weight excluding hydrogens is 477 g/mol. The number of hydrogen-bond acceptors (Lipinski definition) is 5. The summed E-state index contributed by atoms with van der Waals surface area (Å²) in [6, 6.07) is 9.02. The smallest absolute Gasteiger partial charge is 0.335 e. The molecule has 2 aromatic heterocycles. The molecule has 0 aliphatic heterocycles. The first-order chi connectivity index (χ1) is 17.7. The lowest BCUT2D eigenvalue weighted by atomic mass is 9.98. The van der Waals surface area contributed by atoms with Crippen molar-refractivity contribution in [1.29, 1.82) is 0 Å². The van der Waals surface area contributed by atoms with E-state index in [0.717, 1.165) is 16.7 Å². The molecule has 188 valence electrons. The van der Waals surface area contributed by atoms with E-state index >= 15 is 0 Å². The molecule has 0 fully saturated rings. The Labute approximate surface area is 211 Å². The van der Waals surface area contributed by atoms with Crippen molar-refractivity contribution in [2.75, 3.05) is 0 Å². The number of hydrogen-bond donors (Lipinski definition) is 3. The van der Waals surface area contributed by atoms with Crippen LogP contribution in [0.3, 0.4) is 0 Å². The van der Waals surface area contributed by atoms with Gasteiger partial charge < -0.3 is 15.7 Å². The zero-order chi connectivity index (χ0) is 26.3. The predicted octanol–water partition coefficient (Wildman–Crippen LogP) is 3.53. The number of fused-ring (bicyclic) bond motifs is 2. The summed E-state index contributed by atoms with van der Waals surface area (Å²) in [4.78, 5) is 46.1. The maximum absolute atomic E-state index is 13.6. The lowest BCUT2D eigenvalue weighted by Gasteiger charge is -2.16. The molecule has 1 atom stereocenters. The van der Waals surface area contributed by atoms with E-state index in [2.05, 4.69) is 20.6 Å². The quantitative estimate of drug-likeness (QED) is 0.371. The van der Waals surface area contributed by atoms with Gasteiger partial charge >= 0.3 is 5.97 Å². The molecule has 0 unspecified atom stereocenters. The van der Waals surface area contributed by atoms with Crippen LogP contribution in [0, 0.1) is 19.7 Å². The highest BCUT2D eigenvalue weighted by Crippen LogP contribution is 2.34. The van der Waals surface area contributed by atoms with Crippen LogP contribution in [0.4, 0.5) is 4.39 Å². The fraction of sp³-hybridized carbons (Fsp3) is 0.222. The molecule has 1 aliphatic carbocycles. The molecule has 2 aromatic carbocycles. The number of rotatable bonds is 6. The second-order valence-electron chi connectivity index (χ2n) is 9.09. The minimum Gasteiger partial charge on any atom is -0.478 e. The molecule has 0 saturated carbocycles. The Hall–Kier alpha value is -4.60. The minimum absolute atomic E-state index is 0.0584. The summed E-state index contributed by atoms with van der Waals surface area (Å²) in [5, 5.41) is 15.2. The molecule has 9 nitrogen and oxygen atoms in total. The van der Waals surface area contributed by atoms with E-state index in [-0.39, 0.29) is 35.4 Å². The fourth-order valence-electron chi connectivity index (χ4n) is 4.79. The summed E-state index contributed by atoms with van der Waals surface area (Å²) in [7, 11) is 0. The van der Waals surface area contributed by atoms with Crippen molar-refractivity contribution in [3.05, 3.63) is 99.5 Å². The van der Waals surface area contributed by atoms with Gasteiger partial charge in [0.05, 0.1) is 17.8 Å². The number of halogens is 1. The first kappa shape index (κ1) is 24.1.